The summed E-state index contributed by atoms with van der Waals surface area (Å²) in [6, 6.07) is -1.44. The Morgan fingerprint density at radius 2 is 0.912 bits per heavy atom. The Morgan fingerprint density at radius 3 is 1.21 bits per heavy atom. The van der Waals surface area contributed by atoms with Crippen LogP contribution in [0.25, 0.3) is 0 Å². The molecule has 12 nitrogen and oxygen atoms in total. The summed E-state index contributed by atoms with van der Waals surface area (Å²) in [5, 5.41) is 81.9. The molecule has 0 aromatic heterocycles. The molecule has 0 spiro atoms. The van der Waals surface area contributed by atoms with Crippen LogP contribution in [0.5, 0.6) is 0 Å². The van der Waals surface area contributed by atoms with E-state index >= 15 is 0 Å². The maximum absolute atomic E-state index is 9.80. The van der Waals surface area contributed by atoms with E-state index in [1.54, 1.807) is 0 Å². The lowest BCUT2D eigenvalue weighted by Crippen LogP contribution is -2.63. The predicted molar refractivity (Wildman–Crippen MR) is 123 cm³/mol. The van der Waals surface area contributed by atoms with E-state index in [1.807, 2.05) is 0 Å². The second-order valence-corrected chi connectivity index (χ2v) is 8.83. The molecule has 2 unspecified atom stereocenters. The molecule has 0 amide bonds. The van der Waals surface area contributed by atoms with Crippen LogP contribution in [0.3, 0.4) is 0 Å². The summed E-state index contributed by atoms with van der Waals surface area (Å²) < 4.78 is 10.0. The van der Waals surface area contributed by atoms with Crippen LogP contribution in [0.15, 0.2) is 0 Å². The van der Waals surface area contributed by atoms with Gasteiger partial charge in [-0.25, -0.2) is 0 Å². The van der Waals surface area contributed by atoms with E-state index in [9.17, 15) is 30.6 Å². The summed E-state index contributed by atoms with van der Waals surface area (Å²) in [4.78, 5) is 0. The van der Waals surface area contributed by atoms with Crippen LogP contribution in [0, 0.1) is 0 Å². The fourth-order valence-electron chi connectivity index (χ4n) is 3.92. The summed E-state index contributed by atoms with van der Waals surface area (Å²) in [5.41, 5.74) is 0. The van der Waals surface area contributed by atoms with Crippen molar-refractivity contribution in [1.82, 2.24) is 10.6 Å². The van der Waals surface area contributed by atoms with Gasteiger partial charge in [0.1, 0.15) is 36.6 Å². The zero-order chi connectivity index (χ0) is 25.7. The Balaban J connectivity index is 0.000000340. The molecule has 204 valence electrons. The van der Waals surface area contributed by atoms with Crippen LogP contribution in [0.2, 0.25) is 0 Å². The molecule has 12 heteroatoms. The molecule has 2 saturated heterocycles. The maximum Gasteiger partial charge on any atom is 0.173 e. The Kier molecular flexibility index (Phi) is 15.8. The van der Waals surface area contributed by atoms with Gasteiger partial charge >= 0.3 is 0 Å². The number of rotatable bonds is 12. The van der Waals surface area contributed by atoms with Gasteiger partial charge in [-0.3, -0.25) is 0 Å². The molecule has 2 aliphatic heterocycles. The predicted octanol–water partition coefficient (Wildman–Crippen LogP) is -2.87. The fourth-order valence-corrected chi connectivity index (χ4v) is 3.92. The van der Waals surface area contributed by atoms with E-state index in [2.05, 4.69) is 24.5 Å². The number of nitrogens with one attached hydrogen (secondary N) is 2. The van der Waals surface area contributed by atoms with Gasteiger partial charge in [-0.15, -0.1) is 0 Å². The van der Waals surface area contributed by atoms with Gasteiger partial charge in [0, 0.05) is 0 Å². The van der Waals surface area contributed by atoms with Crippen LogP contribution in [0.4, 0.5) is 0 Å². The summed E-state index contributed by atoms with van der Waals surface area (Å²) in [6.45, 7) is 4.60. The highest BCUT2D eigenvalue weighted by atomic mass is 16.6. The highest BCUT2D eigenvalue weighted by molar-refractivity contribution is 4.93. The van der Waals surface area contributed by atoms with Crippen molar-refractivity contribution in [2.45, 2.75) is 114 Å². The minimum absolute atomic E-state index is 0.433. The number of hydrogen-bond donors (Lipinski definition) is 10. The molecule has 2 fully saturated rings. The van der Waals surface area contributed by atoms with Gasteiger partial charge in [-0.1, -0.05) is 39.5 Å². The average molecular weight is 499 g/mol. The lowest BCUT2D eigenvalue weighted by molar-refractivity contribution is -0.254. The van der Waals surface area contributed by atoms with Crippen molar-refractivity contribution < 1.29 is 50.3 Å². The smallest absolute Gasteiger partial charge is 0.173 e. The molecule has 2 aliphatic rings. The van der Waals surface area contributed by atoms with Crippen molar-refractivity contribution in [3.05, 3.63) is 0 Å². The Bertz CT molecular complexity index is 476. The number of ether oxygens (including phenoxy) is 2. The van der Waals surface area contributed by atoms with Crippen molar-refractivity contribution in [2.75, 3.05) is 26.3 Å². The molecule has 0 aromatic carbocycles. The van der Waals surface area contributed by atoms with Gasteiger partial charge in [0.2, 0.25) is 0 Å². The number of aliphatic hydroxyl groups is 8. The van der Waals surface area contributed by atoms with Crippen molar-refractivity contribution in [3.63, 3.8) is 0 Å². The van der Waals surface area contributed by atoms with Gasteiger partial charge in [0.25, 0.3) is 0 Å². The highest BCUT2D eigenvalue weighted by Gasteiger charge is 2.44. The van der Waals surface area contributed by atoms with Gasteiger partial charge < -0.3 is 61.0 Å². The van der Waals surface area contributed by atoms with Crippen LogP contribution >= 0.6 is 0 Å². The van der Waals surface area contributed by atoms with Crippen LogP contribution in [-0.4, -0.2) is 128 Å². The lowest BCUT2D eigenvalue weighted by atomic mass is 9.97. The first kappa shape index (κ1) is 31.5. The molecular formula is C22H46N2O10. The second kappa shape index (κ2) is 17.1. The van der Waals surface area contributed by atoms with Crippen molar-refractivity contribution >= 4 is 0 Å². The van der Waals surface area contributed by atoms with E-state index in [0.717, 1.165) is 38.5 Å². The molecule has 0 saturated carbocycles. The van der Waals surface area contributed by atoms with E-state index in [0.29, 0.717) is 13.1 Å². The zero-order valence-electron chi connectivity index (χ0n) is 20.2. The Labute approximate surface area is 201 Å². The molecule has 0 radical (unpaired) electrons. The van der Waals surface area contributed by atoms with Gasteiger partial charge in [-0.2, -0.15) is 0 Å². The normalized spacial score (nSPS) is 38.3. The van der Waals surface area contributed by atoms with Crippen molar-refractivity contribution in [2.24, 2.45) is 0 Å². The summed E-state index contributed by atoms with van der Waals surface area (Å²) >= 11 is 0. The molecule has 10 atom stereocenters. The topological polar surface area (TPSA) is 204 Å². The Hall–Kier alpha value is -0.480. The van der Waals surface area contributed by atoms with Crippen molar-refractivity contribution in [3.8, 4) is 0 Å². The number of aliphatic hydroxyl groups excluding tert-OH is 8. The Morgan fingerprint density at radius 1 is 0.559 bits per heavy atom. The van der Waals surface area contributed by atoms with Gasteiger partial charge in [-0.05, 0) is 25.9 Å². The molecule has 10 N–H and O–H groups in total. The largest absolute Gasteiger partial charge is 0.394 e. The van der Waals surface area contributed by atoms with E-state index in [-0.39, 0.29) is 0 Å². The lowest BCUT2D eigenvalue weighted by Gasteiger charge is -2.40. The molecule has 2 heterocycles. The third kappa shape index (κ3) is 9.52. The average Bonchev–Trinajstić information content (AvgIpc) is 2.83. The number of hydrogen-bond acceptors (Lipinski definition) is 12. The quantitative estimate of drug-likeness (QED) is 0.123. The third-order valence-electron chi connectivity index (χ3n) is 6.12. The maximum atomic E-state index is 9.80. The van der Waals surface area contributed by atoms with E-state index in [4.69, 9.17) is 19.7 Å². The minimum atomic E-state index is -1.22. The molecule has 0 bridgehead atoms. The first-order chi connectivity index (χ1) is 16.2. The SMILES string of the molecule is CCCCCN[C@@H]1C(O)O[C@H](CO)[C@@H](O)[C@@H]1O.CCCCCN[C@H]1C(O)O[C@H](CO)[C@@H](O)[C@@H]1O. The van der Waals surface area contributed by atoms with Crippen molar-refractivity contribution in [1.29, 1.82) is 0 Å². The van der Waals surface area contributed by atoms with Gasteiger partial charge in [0.05, 0.1) is 25.3 Å². The summed E-state index contributed by atoms with van der Waals surface area (Å²) in [6.07, 6.45) is -2.79. The molecule has 0 aliphatic carbocycles. The fraction of sp³-hybridized carbons (Fsp3) is 1.00. The van der Waals surface area contributed by atoms with E-state index < -0.39 is 74.5 Å². The standard InChI is InChI=1S/2C11H23NO5/c2*1-2-3-4-5-12-8-10(15)9(14)7(6-13)17-11(8)16/h2*7-16H,2-6H2,1H3/t7-,8+,9-,10-,11?;7-,8-,9-,10-,11?/m11/s1. The summed E-state index contributed by atoms with van der Waals surface area (Å²) in [7, 11) is 0. The third-order valence-corrected chi connectivity index (χ3v) is 6.12. The molecule has 0 aromatic rings. The second-order valence-electron chi connectivity index (χ2n) is 8.83. The van der Waals surface area contributed by atoms with E-state index in [1.165, 1.54) is 0 Å². The minimum Gasteiger partial charge on any atom is -0.394 e. The first-order valence-electron chi connectivity index (χ1n) is 12.3. The monoisotopic (exact) mass is 498 g/mol. The molecule has 34 heavy (non-hydrogen) atoms. The summed E-state index contributed by atoms with van der Waals surface area (Å²) in [5.74, 6) is 0. The van der Waals surface area contributed by atoms with Gasteiger partial charge in [0.15, 0.2) is 12.6 Å². The van der Waals surface area contributed by atoms with Crippen LogP contribution in [-0.2, 0) is 9.47 Å². The zero-order valence-corrected chi connectivity index (χ0v) is 20.2. The highest BCUT2D eigenvalue weighted by Crippen LogP contribution is 2.20. The van der Waals surface area contributed by atoms with Crippen LogP contribution < -0.4 is 10.6 Å². The first-order valence-corrected chi connectivity index (χ1v) is 12.3. The molecule has 2 rings (SSSR count). The molecular weight excluding hydrogens is 452 g/mol. The van der Waals surface area contributed by atoms with Crippen LogP contribution in [0.1, 0.15) is 52.4 Å². The number of unbranched alkanes of at least 4 members (excludes halogenated alkanes) is 4.